The van der Waals surface area contributed by atoms with E-state index in [0.29, 0.717) is 5.56 Å². The Morgan fingerprint density at radius 2 is 0.933 bits per heavy atom. The number of nitrogens with one attached hydrogen (secondary N) is 6. The predicted octanol–water partition coefficient (Wildman–Crippen LogP) is -1.34. The highest BCUT2D eigenvalue weighted by atomic mass is 16.4. The Hall–Kier alpha value is -6.12. The average molecular weight is 849 g/mol. The van der Waals surface area contributed by atoms with Gasteiger partial charge in [-0.15, -0.1) is 0 Å². The van der Waals surface area contributed by atoms with E-state index in [1.54, 1.807) is 44.2 Å². The molecule has 1 aromatic rings. The number of hydrogen-bond acceptors (Lipinski definition) is 11. The zero-order chi connectivity index (χ0) is 45.7. The van der Waals surface area contributed by atoms with Crippen LogP contribution in [0.4, 0.5) is 0 Å². The summed E-state index contributed by atoms with van der Waals surface area (Å²) in [5.41, 5.74) is 11.6. The number of primary amides is 1. The molecule has 1 aromatic carbocycles. The van der Waals surface area contributed by atoms with Crippen molar-refractivity contribution in [2.24, 2.45) is 23.3 Å². The maximum Gasteiger partial charge on any atom is 0.326 e. The van der Waals surface area contributed by atoms with Gasteiger partial charge in [0.2, 0.25) is 41.4 Å². The molecule has 334 valence electrons. The van der Waals surface area contributed by atoms with Gasteiger partial charge in [0.25, 0.3) is 0 Å². The summed E-state index contributed by atoms with van der Waals surface area (Å²) >= 11 is 0. The van der Waals surface area contributed by atoms with Gasteiger partial charge in [0, 0.05) is 25.7 Å². The average Bonchev–Trinajstić information content (AvgIpc) is 3.15. The number of rotatable bonds is 28. The second kappa shape index (κ2) is 26.1. The molecule has 0 aliphatic carbocycles. The molecule has 0 radical (unpaired) electrons. The van der Waals surface area contributed by atoms with E-state index in [0.717, 1.165) is 0 Å². The van der Waals surface area contributed by atoms with Crippen molar-refractivity contribution in [1.82, 2.24) is 31.9 Å². The van der Waals surface area contributed by atoms with Crippen LogP contribution in [-0.2, 0) is 54.4 Å². The lowest BCUT2D eigenvalue weighted by Gasteiger charge is -2.27. The minimum Gasteiger partial charge on any atom is -0.481 e. The fourth-order valence-electron chi connectivity index (χ4n) is 5.77. The molecule has 0 aliphatic rings. The van der Waals surface area contributed by atoms with Crippen molar-refractivity contribution in [2.45, 2.75) is 135 Å². The van der Waals surface area contributed by atoms with Crippen LogP contribution in [0.3, 0.4) is 0 Å². The van der Waals surface area contributed by atoms with Gasteiger partial charge in [0.1, 0.15) is 36.3 Å². The molecule has 1 rings (SSSR count). The number of aliphatic carboxylic acids is 3. The largest absolute Gasteiger partial charge is 0.481 e. The molecule has 0 fully saturated rings. The molecule has 13 N–H and O–H groups in total. The lowest BCUT2D eigenvalue weighted by atomic mass is 10.0. The Bertz CT molecular complexity index is 1670. The number of carbonyl (C=O) groups excluding carboxylic acids is 7. The van der Waals surface area contributed by atoms with Gasteiger partial charge in [0.15, 0.2) is 0 Å². The zero-order valence-electron chi connectivity index (χ0n) is 34.5. The Morgan fingerprint density at radius 3 is 1.42 bits per heavy atom. The maximum atomic E-state index is 13.8. The molecular formula is C39H60N8O13. The van der Waals surface area contributed by atoms with Crippen molar-refractivity contribution < 1.29 is 63.3 Å². The highest BCUT2D eigenvalue weighted by Crippen LogP contribution is 2.11. The SMILES string of the molecule is CC(C)C[C@H](NC(=O)[C@H](C)NC(=O)[C@H](CCC(=O)O)NC(=O)[C@@H](N)CC(C)C)C(=O)N[C@@H](CCC(=O)O)C(=O)N[C@@H](Cc1ccccc1)C(=O)N[C@@H](CCC(N)=O)C(=O)O. The molecule has 0 saturated carbocycles. The number of nitrogens with two attached hydrogens (primary N) is 2. The fourth-order valence-corrected chi connectivity index (χ4v) is 5.77. The number of carboxylic acid groups (broad SMARTS) is 3. The highest BCUT2D eigenvalue weighted by Gasteiger charge is 2.34. The van der Waals surface area contributed by atoms with Crippen LogP contribution in [0.25, 0.3) is 0 Å². The standard InChI is InChI=1S/C39H60N8O13/c1-20(2)17-24(40)34(54)43-25(12-15-31(49)50)35(55)42-22(5)33(53)46-28(18-21(3)4)37(57)44-26(13-16-32(51)52)36(56)47-29(19-23-9-7-6-8-10-23)38(58)45-27(39(59)60)11-14-30(41)48/h6-10,20-22,24-29H,11-19,40H2,1-5H3,(H2,41,48)(H,42,55)(H,43,54)(H,44,57)(H,45,58)(H,46,53)(H,47,56)(H,49,50)(H,51,52)(H,59,60)/t22-,24-,25-,26-,27-,28-,29-/m0/s1. The van der Waals surface area contributed by atoms with Crippen LogP contribution in [0.15, 0.2) is 30.3 Å². The molecule has 21 heteroatoms. The Balaban J connectivity index is 3.30. The zero-order valence-corrected chi connectivity index (χ0v) is 34.5. The van der Waals surface area contributed by atoms with Crippen molar-refractivity contribution in [2.75, 3.05) is 0 Å². The molecule has 7 atom stereocenters. The molecule has 0 saturated heterocycles. The fraction of sp³-hybridized carbons (Fsp3) is 0.590. The Kier molecular flexibility index (Phi) is 22.6. The number of carboxylic acids is 3. The summed E-state index contributed by atoms with van der Waals surface area (Å²) in [7, 11) is 0. The lowest BCUT2D eigenvalue weighted by molar-refractivity contribution is -0.142. The van der Waals surface area contributed by atoms with E-state index in [1.807, 2.05) is 13.8 Å². The van der Waals surface area contributed by atoms with Crippen LogP contribution < -0.4 is 43.4 Å². The van der Waals surface area contributed by atoms with Crippen LogP contribution >= 0.6 is 0 Å². The van der Waals surface area contributed by atoms with Gasteiger partial charge < -0.3 is 58.7 Å². The summed E-state index contributed by atoms with van der Waals surface area (Å²) in [6.45, 7) is 8.41. The second-order valence-electron chi connectivity index (χ2n) is 15.3. The van der Waals surface area contributed by atoms with E-state index in [-0.39, 0.29) is 50.4 Å². The normalized spacial score (nSPS) is 14.5. The van der Waals surface area contributed by atoms with Gasteiger partial charge in [0.05, 0.1) is 6.04 Å². The summed E-state index contributed by atoms with van der Waals surface area (Å²) in [4.78, 5) is 126. The first-order valence-electron chi connectivity index (χ1n) is 19.6. The third-order valence-electron chi connectivity index (χ3n) is 8.92. The summed E-state index contributed by atoms with van der Waals surface area (Å²) < 4.78 is 0. The molecule has 21 nitrogen and oxygen atoms in total. The molecular weight excluding hydrogens is 788 g/mol. The third kappa shape index (κ3) is 20.5. The monoisotopic (exact) mass is 848 g/mol. The van der Waals surface area contributed by atoms with Crippen LogP contribution in [0.5, 0.6) is 0 Å². The molecule has 60 heavy (non-hydrogen) atoms. The minimum atomic E-state index is -1.59. The molecule has 7 amide bonds. The van der Waals surface area contributed by atoms with Gasteiger partial charge in [-0.3, -0.25) is 43.2 Å². The predicted molar refractivity (Wildman–Crippen MR) is 214 cm³/mol. The summed E-state index contributed by atoms with van der Waals surface area (Å²) in [5.74, 6) is -10.4. The van der Waals surface area contributed by atoms with E-state index < -0.39 is 121 Å². The molecule has 0 unspecified atom stereocenters. The smallest absolute Gasteiger partial charge is 0.326 e. The molecule has 0 heterocycles. The van der Waals surface area contributed by atoms with Gasteiger partial charge in [-0.2, -0.15) is 0 Å². The van der Waals surface area contributed by atoms with E-state index in [4.69, 9.17) is 11.5 Å². The summed E-state index contributed by atoms with van der Waals surface area (Å²) in [6.07, 6.45) is -2.50. The lowest BCUT2D eigenvalue weighted by Crippen LogP contribution is -2.59. The second-order valence-corrected chi connectivity index (χ2v) is 15.3. The topological polar surface area (TPSA) is 356 Å². The minimum absolute atomic E-state index is 0.00252. The van der Waals surface area contributed by atoms with Crippen LogP contribution in [-0.4, -0.2) is 117 Å². The first kappa shape index (κ1) is 51.9. The molecule has 0 aliphatic heterocycles. The van der Waals surface area contributed by atoms with Gasteiger partial charge in [-0.25, -0.2) is 4.79 Å². The molecule has 0 spiro atoms. The highest BCUT2D eigenvalue weighted by molar-refractivity contribution is 5.97. The maximum absolute atomic E-state index is 13.8. The summed E-state index contributed by atoms with van der Waals surface area (Å²) in [6, 6.07) is -1.36. The van der Waals surface area contributed by atoms with Gasteiger partial charge in [-0.05, 0) is 56.4 Å². The van der Waals surface area contributed by atoms with Gasteiger partial charge in [-0.1, -0.05) is 58.0 Å². The quantitative estimate of drug-likeness (QED) is 0.0465. The van der Waals surface area contributed by atoms with Crippen molar-refractivity contribution in [3.63, 3.8) is 0 Å². The van der Waals surface area contributed by atoms with Crippen LogP contribution in [0.2, 0.25) is 0 Å². The number of carbonyl (C=O) groups is 10. The number of benzene rings is 1. The first-order chi connectivity index (χ1) is 28.0. The number of hydrogen-bond donors (Lipinski definition) is 11. The Labute approximate surface area is 347 Å². The van der Waals surface area contributed by atoms with Crippen molar-refractivity contribution in [3.8, 4) is 0 Å². The van der Waals surface area contributed by atoms with Crippen LogP contribution in [0, 0.1) is 11.8 Å². The number of amides is 7. The van der Waals surface area contributed by atoms with Gasteiger partial charge >= 0.3 is 17.9 Å². The van der Waals surface area contributed by atoms with E-state index in [2.05, 4.69) is 31.9 Å². The van der Waals surface area contributed by atoms with Crippen molar-refractivity contribution in [1.29, 1.82) is 0 Å². The van der Waals surface area contributed by atoms with E-state index in [9.17, 15) is 63.3 Å². The van der Waals surface area contributed by atoms with E-state index in [1.165, 1.54) is 6.92 Å². The molecule has 0 aromatic heterocycles. The van der Waals surface area contributed by atoms with Crippen molar-refractivity contribution in [3.05, 3.63) is 35.9 Å². The first-order valence-corrected chi connectivity index (χ1v) is 19.6. The van der Waals surface area contributed by atoms with Crippen LogP contribution in [0.1, 0.15) is 91.5 Å². The Morgan fingerprint density at radius 1 is 0.517 bits per heavy atom. The third-order valence-corrected chi connectivity index (χ3v) is 8.92. The summed E-state index contributed by atoms with van der Waals surface area (Å²) in [5, 5.41) is 42.8. The molecule has 0 bridgehead atoms. The van der Waals surface area contributed by atoms with E-state index >= 15 is 0 Å². The van der Waals surface area contributed by atoms with Crippen molar-refractivity contribution >= 4 is 59.3 Å².